The molecule has 0 heterocycles. The molecule has 0 bridgehead atoms. The second kappa shape index (κ2) is 14.6. The normalized spacial score (nSPS) is 13.8. The first-order chi connectivity index (χ1) is 20.6. The smallest absolute Gasteiger partial charge is 0.307 e. The first-order valence-electron chi connectivity index (χ1n) is 15.8. The van der Waals surface area contributed by atoms with Gasteiger partial charge < -0.3 is 19.7 Å². The fourth-order valence-corrected chi connectivity index (χ4v) is 6.93. The number of esters is 2. The Balaban J connectivity index is 2.03. The summed E-state index contributed by atoms with van der Waals surface area (Å²) in [5, 5.41) is 19.5. The summed E-state index contributed by atoms with van der Waals surface area (Å²) in [6.45, 7) is 22.4. The lowest BCUT2D eigenvalue weighted by molar-refractivity contribution is -0.145. The molecule has 2 N–H and O–H groups in total. The molecule has 0 radical (unpaired) electrons. The summed E-state index contributed by atoms with van der Waals surface area (Å²) in [7, 11) is -3.87. The van der Waals surface area contributed by atoms with E-state index in [0.717, 1.165) is 35.1 Å². The van der Waals surface area contributed by atoms with Gasteiger partial charge in [-0.05, 0) is 98.6 Å². The highest BCUT2D eigenvalue weighted by Crippen LogP contribution is 2.40. The van der Waals surface area contributed by atoms with Gasteiger partial charge in [-0.2, -0.15) is 0 Å². The van der Waals surface area contributed by atoms with Crippen LogP contribution in [0.4, 0.5) is 0 Å². The maximum atomic E-state index is 13.2. The number of phenolic OH excluding ortho intramolecular Hbond substituents is 2. The Morgan fingerprint density at radius 1 is 0.711 bits per heavy atom. The Labute approximate surface area is 270 Å². The largest absolute Gasteiger partial charge is 0.507 e. The Morgan fingerprint density at radius 3 is 1.31 bits per heavy atom. The maximum absolute atomic E-state index is 13.2. The summed E-state index contributed by atoms with van der Waals surface area (Å²) in [4.78, 5) is 25.4. The SMILES string of the molecule is CCC(C)(C)c1cc(C)c(COC(=O)CC(C)S(=O)(=O)C(C)CC(=O)OCc2c(C)cc(C(C)(C)CC)c(O)c2C)c(C)c1O. The number of sulfone groups is 1. The number of benzene rings is 2. The van der Waals surface area contributed by atoms with Crippen LogP contribution in [0.1, 0.15) is 126 Å². The Morgan fingerprint density at radius 2 is 1.02 bits per heavy atom. The van der Waals surface area contributed by atoms with E-state index in [9.17, 15) is 28.2 Å². The highest BCUT2D eigenvalue weighted by Gasteiger charge is 2.33. The lowest BCUT2D eigenvalue weighted by Crippen LogP contribution is -2.32. The van der Waals surface area contributed by atoms with Crippen molar-refractivity contribution in [2.75, 3.05) is 0 Å². The van der Waals surface area contributed by atoms with Gasteiger partial charge >= 0.3 is 11.9 Å². The van der Waals surface area contributed by atoms with Crippen molar-refractivity contribution < 1.29 is 37.7 Å². The predicted molar refractivity (Wildman–Crippen MR) is 178 cm³/mol. The van der Waals surface area contributed by atoms with E-state index < -0.39 is 32.3 Å². The molecule has 0 spiro atoms. The van der Waals surface area contributed by atoms with Crippen LogP contribution < -0.4 is 0 Å². The van der Waals surface area contributed by atoms with Crippen LogP contribution >= 0.6 is 0 Å². The van der Waals surface area contributed by atoms with Crippen molar-refractivity contribution >= 4 is 21.8 Å². The lowest BCUT2D eigenvalue weighted by Gasteiger charge is -2.27. The second-order valence-corrected chi connectivity index (χ2v) is 16.6. The van der Waals surface area contributed by atoms with Gasteiger partial charge in [0.15, 0.2) is 9.84 Å². The molecule has 0 aliphatic rings. The molecule has 2 aromatic carbocycles. The molecule has 2 rings (SSSR count). The molecular weight excluding hydrogens is 592 g/mol. The molecular formula is C36H54O8S. The van der Waals surface area contributed by atoms with Gasteiger partial charge in [0.2, 0.25) is 0 Å². The van der Waals surface area contributed by atoms with Crippen LogP contribution in [0.25, 0.3) is 0 Å². The summed E-state index contributed by atoms with van der Waals surface area (Å²) in [5.41, 5.74) is 5.62. The summed E-state index contributed by atoms with van der Waals surface area (Å²) >= 11 is 0. The number of hydrogen-bond donors (Lipinski definition) is 2. The molecule has 0 fully saturated rings. The van der Waals surface area contributed by atoms with Crippen LogP contribution in [0.15, 0.2) is 12.1 Å². The van der Waals surface area contributed by atoms with E-state index in [-0.39, 0.29) is 48.4 Å². The zero-order chi connectivity index (χ0) is 34.7. The van der Waals surface area contributed by atoms with Crippen molar-refractivity contribution in [3.8, 4) is 11.5 Å². The average molecular weight is 647 g/mol. The number of carbonyl (C=O) groups excluding carboxylic acids is 2. The summed E-state index contributed by atoms with van der Waals surface area (Å²) in [6.07, 6.45) is 0.938. The van der Waals surface area contributed by atoms with Crippen LogP contribution in [0.3, 0.4) is 0 Å². The molecule has 0 saturated carbocycles. The van der Waals surface area contributed by atoms with Gasteiger partial charge in [-0.15, -0.1) is 0 Å². The number of hydrogen-bond acceptors (Lipinski definition) is 8. The molecule has 2 aromatic rings. The molecule has 252 valence electrons. The van der Waals surface area contributed by atoms with Crippen molar-refractivity contribution in [2.24, 2.45) is 0 Å². The topological polar surface area (TPSA) is 127 Å². The van der Waals surface area contributed by atoms with Gasteiger partial charge in [0.25, 0.3) is 0 Å². The number of carbonyl (C=O) groups is 2. The number of ether oxygens (including phenoxy) is 2. The zero-order valence-electron chi connectivity index (χ0n) is 29.3. The molecule has 0 aliphatic heterocycles. The molecule has 0 amide bonds. The minimum atomic E-state index is -3.87. The van der Waals surface area contributed by atoms with Crippen molar-refractivity contribution in [2.45, 2.75) is 143 Å². The fourth-order valence-electron chi connectivity index (χ4n) is 5.40. The standard InChI is InChI=1S/C36H54O8S/c1-13-35(9,10)29-15-21(3)27(25(7)33(29)39)19-43-31(37)17-23(5)45(41,42)24(6)18-32(38)44-20-28-22(4)16-30(34(40)26(28)8)36(11,12)14-2/h15-16,23-24,39-40H,13-14,17-20H2,1-12H3. The minimum Gasteiger partial charge on any atom is -0.507 e. The number of aromatic hydroxyl groups is 2. The fraction of sp³-hybridized carbons (Fsp3) is 0.611. The van der Waals surface area contributed by atoms with Crippen molar-refractivity contribution in [1.29, 1.82) is 0 Å². The van der Waals surface area contributed by atoms with Crippen LogP contribution in [-0.2, 0) is 52.9 Å². The quantitative estimate of drug-likeness (QED) is 0.203. The zero-order valence-corrected chi connectivity index (χ0v) is 30.1. The first-order valence-corrected chi connectivity index (χ1v) is 17.4. The molecule has 0 aromatic heterocycles. The van der Waals surface area contributed by atoms with Crippen LogP contribution in [0.5, 0.6) is 11.5 Å². The number of rotatable bonds is 14. The van der Waals surface area contributed by atoms with Crippen molar-refractivity contribution in [3.63, 3.8) is 0 Å². The number of aryl methyl sites for hydroxylation is 2. The van der Waals surface area contributed by atoms with Gasteiger partial charge in [0.1, 0.15) is 24.7 Å². The Hall–Kier alpha value is -3.07. The van der Waals surface area contributed by atoms with Crippen molar-refractivity contribution in [3.05, 3.63) is 56.6 Å². The van der Waals surface area contributed by atoms with E-state index in [1.54, 1.807) is 13.8 Å². The van der Waals surface area contributed by atoms with E-state index in [4.69, 9.17) is 9.47 Å². The third kappa shape index (κ3) is 8.60. The number of phenols is 2. The van der Waals surface area contributed by atoms with Crippen LogP contribution in [-0.4, -0.2) is 41.1 Å². The van der Waals surface area contributed by atoms with E-state index in [1.807, 2.05) is 26.0 Å². The van der Waals surface area contributed by atoms with E-state index in [0.29, 0.717) is 22.3 Å². The molecule has 0 saturated heterocycles. The van der Waals surface area contributed by atoms with Gasteiger partial charge in [0, 0.05) is 11.1 Å². The summed E-state index contributed by atoms with van der Waals surface area (Å²) < 4.78 is 37.3. The maximum Gasteiger partial charge on any atom is 0.307 e. The molecule has 2 unspecified atom stereocenters. The minimum absolute atomic E-state index is 0.0865. The molecule has 2 atom stereocenters. The Kier molecular flexibility index (Phi) is 12.3. The van der Waals surface area contributed by atoms with E-state index >= 15 is 0 Å². The summed E-state index contributed by atoms with van der Waals surface area (Å²) in [6, 6.07) is 3.83. The molecule has 9 heteroatoms. The van der Waals surface area contributed by atoms with E-state index in [1.165, 1.54) is 13.8 Å². The Bertz CT molecular complexity index is 1410. The van der Waals surface area contributed by atoms with Crippen LogP contribution in [0.2, 0.25) is 0 Å². The van der Waals surface area contributed by atoms with Gasteiger partial charge in [0.05, 0.1) is 23.3 Å². The first kappa shape index (κ1) is 38.1. The third-order valence-corrected chi connectivity index (χ3v) is 12.4. The van der Waals surface area contributed by atoms with Gasteiger partial charge in [-0.25, -0.2) is 8.42 Å². The van der Waals surface area contributed by atoms with Crippen molar-refractivity contribution in [1.82, 2.24) is 0 Å². The van der Waals surface area contributed by atoms with Gasteiger partial charge in [-0.1, -0.05) is 53.7 Å². The highest BCUT2D eigenvalue weighted by molar-refractivity contribution is 7.92. The van der Waals surface area contributed by atoms with Gasteiger partial charge in [-0.3, -0.25) is 9.59 Å². The van der Waals surface area contributed by atoms with Crippen LogP contribution in [0, 0.1) is 27.7 Å². The molecule has 0 aliphatic carbocycles. The molecule has 8 nitrogen and oxygen atoms in total. The monoisotopic (exact) mass is 646 g/mol. The third-order valence-electron chi connectivity index (χ3n) is 9.81. The lowest BCUT2D eigenvalue weighted by atomic mass is 9.79. The van der Waals surface area contributed by atoms with E-state index in [2.05, 4.69) is 41.5 Å². The molecule has 45 heavy (non-hydrogen) atoms. The second-order valence-electron chi connectivity index (χ2n) is 13.8. The predicted octanol–water partition coefficient (Wildman–Crippen LogP) is 7.47. The average Bonchev–Trinajstić information content (AvgIpc) is 2.96. The highest BCUT2D eigenvalue weighted by atomic mass is 32.2. The summed E-state index contributed by atoms with van der Waals surface area (Å²) in [5.74, 6) is -1.01.